The summed E-state index contributed by atoms with van der Waals surface area (Å²) in [7, 11) is 0. The topological polar surface area (TPSA) is 61.8 Å². The summed E-state index contributed by atoms with van der Waals surface area (Å²) in [5.74, 6) is -0.698. The van der Waals surface area contributed by atoms with Gasteiger partial charge >= 0.3 is 0 Å². The number of hydrogen-bond donors (Lipinski definition) is 1. The van der Waals surface area contributed by atoms with Gasteiger partial charge in [-0.25, -0.2) is 9.38 Å². The molecule has 0 radical (unpaired) electrons. The molecule has 4 rings (SSSR count). The van der Waals surface area contributed by atoms with Gasteiger partial charge in [-0.3, -0.25) is 14.5 Å². The molecule has 0 unspecified atom stereocenters. The molecule has 1 saturated carbocycles. The molecule has 5 nitrogen and oxygen atoms in total. The molecule has 0 bridgehead atoms. The maximum atomic E-state index is 13.0. The highest BCUT2D eigenvalue weighted by Gasteiger charge is 2.46. The third-order valence-electron chi connectivity index (χ3n) is 4.71. The van der Waals surface area contributed by atoms with E-state index in [1.165, 1.54) is 36.0 Å². The second-order valence-electron chi connectivity index (χ2n) is 6.99. The van der Waals surface area contributed by atoms with Crippen molar-refractivity contribution in [3.8, 4) is 0 Å². The van der Waals surface area contributed by atoms with E-state index in [2.05, 4.69) is 5.32 Å². The van der Waals surface area contributed by atoms with Crippen molar-refractivity contribution in [2.45, 2.75) is 37.5 Å². The predicted octanol–water partition coefficient (Wildman–Crippen LogP) is 4.26. The third-order valence-corrected chi connectivity index (χ3v) is 5.86. The van der Waals surface area contributed by atoms with Crippen LogP contribution < -0.4 is 5.32 Å². The summed E-state index contributed by atoms with van der Waals surface area (Å²) >= 11 is 1.35. The van der Waals surface area contributed by atoms with Crippen LogP contribution in [0.15, 0.2) is 53.5 Å². The molecule has 1 saturated heterocycles. The highest BCUT2D eigenvalue weighted by atomic mass is 32.2. The normalized spacial score (nSPS) is 20.6. The molecule has 2 aliphatic rings. The number of carbonyl (C=O) groups excluding carboxylic acids is 2. The summed E-state index contributed by atoms with van der Waals surface area (Å²) in [5, 5.41) is 2.89. The second-order valence-corrected chi connectivity index (χ2v) is 8.16. The average Bonchev–Trinajstić information content (AvgIpc) is 3.45. The van der Waals surface area contributed by atoms with Gasteiger partial charge in [0.2, 0.25) is 11.8 Å². The van der Waals surface area contributed by atoms with Crippen LogP contribution in [-0.4, -0.2) is 33.2 Å². The standard InChI is InChI=1S/C21H20FN3O2S/c1-13-4-2-3-5-17(13)24-21-25(16-10-11-16)20(27)18(28-21)12-19(26)23-15-8-6-14(22)7-9-15/h2-9,16,18H,10-12H2,1H3,(H,23,26)/t18-/m0/s1. The maximum Gasteiger partial charge on any atom is 0.242 e. The first-order chi connectivity index (χ1) is 13.5. The number of para-hydroxylation sites is 1. The molecule has 144 valence electrons. The van der Waals surface area contributed by atoms with Crippen molar-refractivity contribution in [2.75, 3.05) is 5.32 Å². The van der Waals surface area contributed by atoms with E-state index in [0.29, 0.717) is 10.9 Å². The van der Waals surface area contributed by atoms with Crippen molar-refractivity contribution in [1.82, 2.24) is 4.90 Å². The quantitative estimate of drug-likeness (QED) is 0.820. The molecular formula is C21H20FN3O2S. The number of amides is 2. The maximum absolute atomic E-state index is 13.0. The van der Waals surface area contributed by atoms with E-state index in [1.807, 2.05) is 31.2 Å². The first-order valence-electron chi connectivity index (χ1n) is 9.21. The molecule has 1 atom stereocenters. The first-order valence-corrected chi connectivity index (χ1v) is 10.1. The number of hydrogen-bond acceptors (Lipinski definition) is 4. The summed E-state index contributed by atoms with van der Waals surface area (Å²) < 4.78 is 13.0. The number of aliphatic imine (C=N–C) groups is 1. The minimum absolute atomic E-state index is 0.0525. The molecule has 1 N–H and O–H groups in total. The number of amidine groups is 1. The Morgan fingerprint density at radius 3 is 2.61 bits per heavy atom. The lowest BCUT2D eigenvalue weighted by Crippen LogP contribution is -2.35. The summed E-state index contributed by atoms with van der Waals surface area (Å²) in [4.78, 5) is 31.8. The van der Waals surface area contributed by atoms with Crippen LogP contribution in [0.4, 0.5) is 15.8 Å². The van der Waals surface area contributed by atoms with Gasteiger partial charge in [-0.2, -0.15) is 0 Å². The molecule has 2 aromatic carbocycles. The van der Waals surface area contributed by atoms with Gasteiger partial charge in [0.05, 0.1) is 5.69 Å². The van der Waals surface area contributed by atoms with E-state index in [4.69, 9.17) is 4.99 Å². The lowest BCUT2D eigenvalue weighted by atomic mass is 10.2. The van der Waals surface area contributed by atoms with Gasteiger partial charge < -0.3 is 5.32 Å². The first kappa shape index (κ1) is 18.7. The lowest BCUT2D eigenvalue weighted by Gasteiger charge is -2.15. The highest BCUT2D eigenvalue weighted by Crippen LogP contribution is 2.39. The Morgan fingerprint density at radius 2 is 1.93 bits per heavy atom. The van der Waals surface area contributed by atoms with Crippen molar-refractivity contribution in [2.24, 2.45) is 4.99 Å². The van der Waals surface area contributed by atoms with Crippen LogP contribution in [0.1, 0.15) is 24.8 Å². The number of thioether (sulfide) groups is 1. The van der Waals surface area contributed by atoms with Gasteiger partial charge in [-0.1, -0.05) is 30.0 Å². The van der Waals surface area contributed by atoms with Gasteiger partial charge in [0.15, 0.2) is 5.17 Å². The molecule has 2 amide bonds. The minimum atomic E-state index is -0.496. The van der Waals surface area contributed by atoms with Crippen molar-refractivity contribution in [3.05, 3.63) is 59.9 Å². The summed E-state index contributed by atoms with van der Waals surface area (Å²) in [6.07, 6.45) is 1.98. The average molecular weight is 397 g/mol. The van der Waals surface area contributed by atoms with E-state index in [9.17, 15) is 14.0 Å². The van der Waals surface area contributed by atoms with Gasteiger partial charge in [-0.15, -0.1) is 0 Å². The van der Waals surface area contributed by atoms with Crippen LogP contribution in [0.5, 0.6) is 0 Å². The van der Waals surface area contributed by atoms with E-state index in [1.54, 1.807) is 4.90 Å². The highest BCUT2D eigenvalue weighted by molar-refractivity contribution is 8.15. The second kappa shape index (κ2) is 7.75. The Kier molecular flexibility index (Phi) is 5.17. The SMILES string of the molecule is Cc1ccccc1N=C1S[C@@H](CC(=O)Nc2ccc(F)cc2)C(=O)N1C1CC1. The minimum Gasteiger partial charge on any atom is -0.326 e. The fourth-order valence-corrected chi connectivity index (χ4v) is 4.27. The fraction of sp³-hybridized carbons (Fsp3) is 0.286. The molecular weight excluding hydrogens is 377 g/mol. The van der Waals surface area contributed by atoms with E-state index >= 15 is 0 Å². The zero-order valence-corrected chi connectivity index (χ0v) is 16.2. The number of rotatable bonds is 5. The number of aryl methyl sites for hydroxylation is 1. The monoisotopic (exact) mass is 397 g/mol. The Hall–Kier alpha value is -2.67. The Labute approximate surface area is 167 Å². The van der Waals surface area contributed by atoms with Crippen molar-refractivity contribution in [1.29, 1.82) is 0 Å². The van der Waals surface area contributed by atoms with Gasteiger partial charge in [0.25, 0.3) is 0 Å². The molecule has 28 heavy (non-hydrogen) atoms. The number of halogens is 1. The Balaban J connectivity index is 1.49. The van der Waals surface area contributed by atoms with Gasteiger partial charge in [-0.05, 0) is 55.7 Å². The summed E-state index contributed by atoms with van der Waals surface area (Å²) in [5.41, 5.74) is 2.38. The number of nitrogens with one attached hydrogen (secondary N) is 1. The van der Waals surface area contributed by atoms with Gasteiger partial charge in [0, 0.05) is 18.2 Å². The van der Waals surface area contributed by atoms with E-state index in [-0.39, 0.29) is 30.1 Å². The molecule has 1 aliphatic heterocycles. The van der Waals surface area contributed by atoms with Crippen LogP contribution in [0.3, 0.4) is 0 Å². The number of nitrogens with zero attached hydrogens (tertiary/aromatic N) is 2. The van der Waals surface area contributed by atoms with Crippen LogP contribution >= 0.6 is 11.8 Å². The fourth-order valence-electron chi connectivity index (χ4n) is 3.07. The number of carbonyl (C=O) groups is 2. The zero-order chi connectivity index (χ0) is 19.7. The van der Waals surface area contributed by atoms with Crippen LogP contribution in [-0.2, 0) is 9.59 Å². The van der Waals surface area contributed by atoms with Gasteiger partial charge in [0.1, 0.15) is 11.1 Å². The van der Waals surface area contributed by atoms with Crippen molar-refractivity contribution in [3.63, 3.8) is 0 Å². The number of anilines is 1. The summed E-state index contributed by atoms with van der Waals surface area (Å²) in [6.45, 7) is 1.98. The lowest BCUT2D eigenvalue weighted by molar-refractivity contribution is -0.128. The smallest absolute Gasteiger partial charge is 0.242 e. The van der Waals surface area contributed by atoms with Crippen LogP contribution in [0, 0.1) is 12.7 Å². The van der Waals surface area contributed by atoms with Crippen molar-refractivity contribution >= 4 is 40.1 Å². The molecule has 1 aliphatic carbocycles. The predicted molar refractivity (Wildman–Crippen MR) is 109 cm³/mol. The molecule has 0 spiro atoms. The van der Waals surface area contributed by atoms with Crippen LogP contribution in [0.2, 0.25) is 0 Å². The molecule has 0 aromatic heterocycles. The van der Waals surface area contributed by atoms with Crippen molar-refractivity contribution < 1.29 is 14.0 Å². The molecule has 1 heterocycles. The third kappa shape index (κ3) is 4.09. The number of benzene rings is 2. The molecule has 2 aromatic rings. The van der Waals surface area contributed by atoms with Crippen LogP contribution in [0.25, 0.3) is 0 Å². The zero-order valence-electron chi connectivity index (χ0n) is 15.4. The molecule has 2 fully saturated rings. The Bertz CT molecular complexity index is 941. The molecule has 7 heteroatoms. The largest absolute Gasteiger partial charge is 0.326 e. The van der Waals surface area contributed by atoms with E-state index < -0.39 is 5.25 Å². The summed E-state index contributed by atoms with van der Waals surface area (Å²) in [6, 6.07) is 13.5. The van der Waals surface area contributed by atoms with E-state index in [0.717, 1.165) is 24.1 Å². The Morgan fingerprint density at radius 1 is 1.21 bits per heavy atom.